The molecular weight excluding hydrogens is 457 g/mol. The standard InChI is InChI=1S/C22H29Cl2N3O3S/c23-18-1-2-19(24)20(12-18)31(29,30)27-5-3-26(4-6-27)13-21(28)25-22-16-8-14-7-15(10-16)11-17(22)9-14/h1-2,12,14-17,22H,3-11,13H2,(H,25,28). The number of rotatable bonds is 5. The number of amides is 1. The number of nitrogens with one attached hydrogen (secondary N) is 1. The number of carbonyl (C=O) groups excluding carboxylic acids is 1. The van der Waals surface area contributed by atoms with E-state index in [1.807, 2.05) is 4.90 Å². The van der Waals surface area contributed by atoms with E-state index >= 15 is 0 Å². The molecular formula is C22H29Cl2N3O3S. The molecule has 4 bridgehead atoms. The maximum Gasteiger partial charge on any atom is 0.244 e. The molecule has 1 heterocycles. The van der Waals surface area contributed by atoms with Gasteiger partial charge in [-0.1, -0.05) is 23.2 Å². The molecule has 1 aliphatic heterocycles. The van der Waals surface area contributed by atoms with Crippen LogP contribution in [0, 0.1) is 23.7 Å². The van der Waals surface area contributed by atoms with Crippen molar-refractivity contribution in [1.29, 1.82) is 0 Å². The van der Waals surface area contributed by atoms with Crippen molar-refractivity contribution in [2.24, 2.45) is 23.7 Å². The maximum atomic E-state index is 13.0. The molecule has 6 rings (SSSR count). The van der Waals surface area contributed by atoms with Gasteiger partial charge in [-0.2, -0.15) is 4.31 Å². The molecule has 5 aliphatic rings. The highest BCUT2D eigenvalue weighted by atomic mass is 35.5. The van der Waals surface area contributed by atoms with Gasteiger partial charge in [0.05, 0.1) is 11.6 Å². The lowest BCUT2D eigenvalue weighted by molar-refractivity contribution is -0.126. The fourth-order valence-corrected chi connectivity index (χ4v) is 8.70. The lowest BCUT2D eigenvalue weighted by Crippen LogP contribution is -2.58. The van der Waals surface area contributed by atoms with Crippen molar-refractivity contribution < 1.29 is 13.2 Å². The molecule has 1 N–H and O–H groups in total. The van der Waals surface area contributed by atoms with Crippen LogP contribution in [0.3, 0.4) is 0 Å². The summed E-state index contributed by atoms with van der Waals surface area (Å²) in [6.45, 7) is 2.03. The molecule has 0 atom stereocenters. The largest absolute Gasteiger partial charge is 0.352 e. The van der Waals surface area contributed by atoms with Crippen molar-refractivity contribution in [3.05, 3.63) is 28.2 Å². The van der Waals surface area contributed by atoms with Gasteiger partial charge in [-0.3, -0.25) is 9.69 Å². The van der Waals surface area contributed by atoms with E-state index in [0.717, 1.165) is 11.8 Å². The van der Waals surface area contributed by atoms with Gasteiger partial charge < -0.3 is 5.32 Å². The Bertz CT molecular complexity index is 935. The van der Waals surface area contributed by atoms with E-state index in [4.69, 9.17) is 23.2 Å². The third-order valence-electron chi connectivity index (χ3n) is 7.76. The number of hydrogen-bond donors (Lipinski definition) is 1. The van der Waals surface area contributed by atoms with Gasteiger partial charge in [-0.15, -0.1) is 0 Å². The smallest absolute Gasteiger partial charge is 0.244 e. The summed E-state index contributed by atoms with van der Waals surface area (Å²) in [4.78, 5) is 14.8. The molecule has 1 saturated heterocycles. The molecule has 0 radical (unpaired) electrons. The van der Waals surface area contributed by atoms with E-state index in [-0.39, 0.29) is 15.8 Å². The monoisotopic (exact) mass is 485 g/mol. The van der Waals surface area contributed by atoms with Crippen LogP contribution < -0.4 is 5.32 Å². The van der Waals surface area contributed by atoms with E-state index in [9.17, 15) is 13.2 Å². The lowest BCUT2D eigenvalue weighted by Gasteiger charge is -2.54. The second-order valence-electron chi connectivity index (χ2n) is 9.78. The number of carbonyl (C=O) groups is 1. The summed E-state index contributed by atoms with van der Waals surface area (Å²) in [5.74, 6) is 3.17. The number of piperazine rings is 1. The average molecular weight is 486 g/mol. The molecule has 1 aromatic carbocycles. The fourth-order valence-electron chi connectivity index (χ4n) is 6.54. The first kappa shape index (κ1) is 22.0. The molecule has 0 aromatic heterocycles. The van der Waals surface area contributed by atoms with Crippen molar-refractivity contribution in [2.45, 2.75) is 43.0 Å². The lowest BCUT2D eigenvalue weighted by atomic mass is 9.54. The highest BCUT2D eigenvalue weighted by Gasteiger charge is 2.48. The molecule has 31 heavy (non-hydrogen) atoms. The van der Waals surface area contributed by atoms with Crippen molar-refractivity contribution in [1.82, 2.24) is 14.5 Å². The van der Waals surface area contributed by atoms with Gasteiger partial charge >= 0.3 is 0 Å². The van der Waals surface area contributed by atoms with Gasteiger partial charge in [-0.25, -0.2) is 8.42 Å². The predicted molar refractivity (Wildman–Crippen MR) is 121 cm³/mol. The molecule has 9 heteroatoms. The Morgan fingerprint density at radius 1 is 0.968 bits per heavy atom. The fraction of sp³-hybridized carbons (Fsp3) is 0.682. The molecule has 0 spiro atoms. The van der Waals surface area contributed by atoms with Gasteiger partial charge in [0.15, 0.2) is 0 Å². The maximum absolute atomic E-state index is 13.0. The summed E-state index contributed by atoms with van der Waals surface area (Å²) >= 11 is 12.1. The Morgan fingerprint density at radius 3 is 2.19 bits per heavy atom. The first-order valence-electron chi connectivity index (χ1n) is 11.3. The highest BCUT2D eigenvalue weighted by Crippen LogP contribution is 2.53. The average Bonchev–Trinajstić information content (AvgIpc) is 2.72. The second kappa shape index (κ2) is 8.49. The number of nitrogens with zero attached hydrogens (tertiary/aromatic N) is 2. The van der Waals surface area contributed by atoms with Crippen LogP contribution in [0.15, 0.2) is 23.1 Å². The van der Waals surface area contributed by atoms with Crippen LogP contribution >= 0.6 is 23.2 Å². The first-order chi connectivity index (χ1) is 14.8. The summed E-state index contributed by atoms with van der Waals surface area (Å²) < 4.78 is 27.4. The van der Waals surface area contributed by atoms with E-state index in [0.29, 0.717) is 55.6 Å². The van der Waals surface area contributed by atoms with Gasteiger partial charge in [0.2, 0.25) is 15.9 Å². The molecule has 0 unspecified atom stereocenters. The quantitative estimate of drug-likeness (QED) is 0.694. The predicted octanol–water partition coefficient (Wildman–Crippen LogP) is 3.24. The number of benzene rings is 1. The molecule has 1 aromatic rings. The Kier molecular flexibility index (Phi) is 6.01. The van der Waals surface area contributed by atoms with Gasteiger partial charge in [0.1, 0.15) is 4.90 Å². The third kappa shape index (κ3) is 4.36. The van der Waals surface area contributed by atoms with Crippen LogP contribution in [0.25, 0.3) is 0 Å². The van der Waals surface area contributed by atoms with Crippen LogP contribution in [0.4, 0.5) is 0 Å². The Balaban J connectivity index is 1.15. The van der Waals surface area contributed by atoms with Crippen LogP contribution in [0.1, 0.15) is 32.1 Å². The van der Waals surface area contributed by atoms with Crippen LogP contribution in [0.2, 0.25) is 10.0 Å². The number of halogens is 2. The summed E-state index contributed by atoms with van der Waals surface area (Å²) in [5, 5.41) is 3.85. The number of sulfonamides is 1. The minimum Gasteiger partial charge on any atom is -0.352 e. The summed E-state index contributed by atoms with van der Waals surface area (Å²) in [5.41, 5.74) is 0. The number of hydrogen-bond acceptors (Lipinski definition) is 4. The molecule has 1 amide bonds. The van der Waals surface area contributed by atoms with Crippen LogP contribution in [-0.2, 0) is 14.8 Å². The summed E-state index contributed by atoms with van der Waals surface area (Å²) in [6, 6.07) is 4.81. The SMILES string of the molecule is O=C(CN1CCN(S(=O)(=O)c2cc(Cl)ccc2Cl)CC1)NC1C2CC3CC(C2)CC1C3. The first-order valence-corrected chi connectivity index (χ1v) is 13.5. The summed E-state index contributed by atoms with van der Waals surface area (Å²) in [7, 11) is -3.71. The van der Waals surface area contributed by atoms with Crippen molar-refractivity contribution >= 4 is 39.1 Å². The Labute approximate surface area is 194 Å². The zero-order valence-electron chi connectivity index (χ0n) is 17.5. The van der Waals surface area contributed by atoms with E-state index in [2.05, 4.69) is 5.32 Å². The minimum atomic E-state index is -3.71. The third-order valence-corrected chi connectivity index (χ3v) is 10.4. The van der Waals surface area contributed by atoms with Crippen molar-refractivity contribution in [3.8, 4) is 0 Å². The normalized spacial score (nSPS) is 33.5. The second-order valence-corrected chi connectivity index (χ2v) is 12.5. The molecule has 170 valence electrons. The Hall–Kier alpha value is -0.860. The zero-order valence-corrected chi connectivity index (χ0v) is 19.8. The summed E-state index contributed by atoms with van der Waals surface area (Å²) in [6.07, 6.45) is 6.52. The highest BCUT2D eigenvalue weighted by molar-refractivity contribution is 7.89. The Morgan fingerprint density at radius 2 is 1.58 bits per heavy atom. The molecule has 4 aliphatic carbocycles. The van der Waals surface area contributed by atoms with E-state index in [1.54, 1.807) is 6.07 Å². The molecule has 4 saturated carbocycles. The van der Waals surface area contributed by atoms with Crippen LogP contribution in [-0.4, -0.2) is 62.3 Å². The minimum absolute atomic E-state index is 0.0368. The van der Waals surface area contributed by atoms with Gasteiger partial charge in [0.25, 0.3) is 0 Å². The van der Waals surface area contributed by atoms with Gasteiger partial charge in [0, 0.05) is 37.2 Å². The zero-order chi connectivity index (χ0) is 21.8. The van der Waals surface area contributed by atoms with Crippen molar-refractivity contribution in [2.75, 3.05) is 32.7 Å². The molecule has 5 fully saturated rings. The van der Waals surface area contributed by atoms with Gasteiger partial charge in [-0.05, 0) is 74.0 Å². The molecule has 6 nitrogen and oxygen atoms in total. The van der Waals surface area contributed by atoms with Crippen molar-refractivity contribution in [3.63, 3.8) is 0 Å². The van der Waals surface area contributed by atoms with E-state index in [1.165, 1.54) is 48.5 Å². The van der Waals surface area contributed by atoms with E-state index < -0.39 is 10.0 Å². The topological polar surface area (TPSA) is 69.7 Å². The van der Waals surface area contributed by atoms with Crippen LogP contribution in [0.5, 0.6) is 0 Å².